The minimum absolute atomic E-state index is 0.206. The van der Waals surface area contributed by atoms with Crippen LogP contribution in [0.25, 0.3) is 27.8 Å². The van der Waals surface area contributed by atoms with Gasteiger partial charge in [0.2, 0.25) is 11.9 Å². The van der Waals surface area contributed by atoms with Crippen molar-refractivity contribution in [2.75, 3.05) is 12.4 Å². The van der Waals surface area contributed by atoms with Gasteiger partial charge in [-0.3, -0.25) is 19.7 Å². The van der Waals surface area contributed by atoms with Gasteiger partial charge in [0.1, 0.15) is 17.4 Å². The lowest BCUT2D eigenvalue weighted by atomic mass is 10.1. The third-order valence-corrected chi connectivity index (χ3v) is 5.54. The fourth-order valence-corrected chi connectivity index (χ4v) is 3.94. The summed E-state index contributed by atoms with van der Waals surface area (Å²) in [5.41, 5.74) is 4.38. The Balaban J connectivity index is 1.56. The van der Waals surface area contributed by atoms with Crippen LogP contribution in [0.1, 0.15) is 5.56 Å². The first-order valence-electron chi connectivity index (χ1n) is 10.8. The topological polar surface area (TPSA) is 69.0 Å². The molecule has 0 bridgehead atoms. The number of rotatable bonds is 6. The van der Waals surface area contributed by atoms with Crippen molar-refractivity contribution in [2.24, 2.45) is 0 Å². The molecule has 1 amide bonds. The number of halogens is 2. The first-order chi connectivity index (χ1) is 17.0. The average Bonchev–Trinajstić information content (AvgIpc) is 3.20. The Labute approximate surface area is 199 Å². The van der Waals surface area contributed by atoms with Crippen LogP contribution in [0.4, 0.5) is 14.7 Å². The molecule has 0 saturated heterocycles. The molecule has 0 fully saturated rings. The minimum atomic E-state index is -0.734. The van der Waals surface area contributed by atoms with E-state index in [1.807, 2.05) is 59.2 Å². The second-order valence-electron chi connectivity index (χ2n) is 7.91. The van der Waals surface area contributed by atoms with Gasteiger partial charge >= 0.3 is 0 Å². The Morgan fingerprint density at radius 2 is 1.63 bits per heavy atom. The molecule has 0 radical (unpaired) electrons. The van der Waals surface area contributed by atoms with E-state index >= 15 is 0 Å². The molecule has 0 unspecified atom stereocenters. The fraction of sp³-hybridized carbons (Fsp3) is 0.0741. The highest BCUT2D eigenvalue weighted by atomic mass is 19.1. The Morgan fingerprint density at radius 3 is 2.31 bits per heavy atom. The summed E-state index contributed by atoms with van der Waals surface area (Å²) in [6, 6.07) is 20.0. The normalized spacial score (nSPS) is 10.9. The number of pyridine rings is 1. The monoisotopic (exact) mass is 470 g/mol. The fourth-order valence-electron chi connectivity index (χ4n) is 3.94. The molecule has 0 aliphatic rings. The SMILES string of the molecule is COc1ccc(-n2c(NC(=O)Cc3cc(F)cc(F)c3)nc3ccc(-c4ccncc4)cc32)cc1. The Morgan fingerprint density at radius 1 is 0.914 bits per heavy atom. The quantitative estimate of drug-likeness (QED) is 0.353. The van der Waals surface area contributed by atoms with Gasteiger partial charge in [-0.25, -0.2) is 13.8 Å². The summed E-state index contributed by atoms with van der Waals surface area (Å²) in [5.74, 6) is -0.938. The maximum Gasteiger partial charge on any atom is 0.231 e. The number of hydrogen-bond acceptors (Lipinski definition) is 4. The summed E-state index contributed by atoms with van der Waals surface area (Å²) in [6.45, 7) is 0. The van der Waals surface area contributed by atoms with Crippen molar-refractivity contribution in [1.29, 1.82) is 0 Å². The lowest BCUT2D eigenvalue weighted by Gasteiger charge is -2.12. The van der Waals surface area contributed by atoms with Gasteiger partial charge in [0.05, 0.1) is 24.6 Å². The van der Waals surface area contributed by atoms with E-state index < -0.39 is 17.5 Å². The molecule has 3 aromatic carbocycles. The zero-order valence-corrected chi connectivity index (χ0v) is 18.7. The van der Waals surface area contributed by atoms with Crippen molar-refractivity contribution in [1.82, 2.24) is 14.5 Å². The maximum atomic E-state index is 13.6. The zero-order valence-electron chi connectivity index (χ0n) is 18.7. The molecule has 1 N–H and O–H groups in total. The molecule has 2 heterocycles. The van der Waals surface area contributed by atoms with Crippen LogP contribution >= 0.6 is 0 Å². The molecule has 35 heavy (non-hydrogen) atoms. The second kappa shape index (κ2) is 9.34. The van der Waals surface area contributed by atoms with Gasteiger partial charge in [0.15, 0.2) is 0 Å². The standard InChI is InChI=1S/C27H20F2N4O2/c1-35-23-5-3-22(4-6-23)33-25-15-19(18-8-10-30-11-9-18)2-7-24(25)31-27(33)32-26(34)14-17-12-20(28)16-21(29)13-17/h2-13,15-16H,14H2,1H3,(H,31,32,34). The van der Waals surface area contributed by atoms with Crippen molar-refractivity contribution in [3.63, 3.8) is 0 Å². The van der Waals surface area contributed by atoms with Gasteiger partial charge in [-0.2, -0.15) is 0 Å². The van der Waals surface area contributed by atoms with Crippen LogP contribution < -0.4 is 10.1 Å². The van der Waals surface area contributed by atoms with Crippen molar-refractivity contribution >= 4 is 22.9 Å². The van der Waals surface area contributed by atoms with E-state index in [-0.39, 0.29) is 12.0 Å². The highest BCUT2D eigenvalue weighted by molar-refractivity contribution is 5.94. The van der Waals surface area contributed by atoms with Crippen molar-refractivity contribution in [3.8, 4) is 22.6 Å². The minimum Gasteiger partial charge on any atom is -0.497 e. The molecular formula is C27H20F2N4O2. The number of benzene rings is 3. The number of nitrogens with zero attached hydrogens (tertiary/aromatic N) is 3. The number of methoxy groups -OCH3 is 1. The van der Waals surface area contributed by atoms with Crippen LogP contribution in [0.15, 0.2) is 85.2 Å². The van der Waals surface area contributed by atoms with Crippen LogP contribution in [-0.4, -0.2) is 27.6 Å². The molecule has 6 nitrogen and oxygen atoms in total. The third-order valence-electron chi connectivity index (χ3n) is 5.54. The summed E-state index contributed by atoms with van der Waals surface area (Å²) >= 11 is 0. The van der Waals surface area contributed by atoms with E-state index in [9.17, 15) is 13.6 Å². The van der Waals surface area contributed by atoms with Crippen LogP contribution in [0.3, 0.4) is 0 Å². The van der Waals surface area contributed by atoms with Crippen LogP contribution in [0.2, 0.25) is 0 Å². The predicted molar refractivity (Wildman–Crippen MR) is 130 cm³/mol. The maximum absolute atomic E-state index is 13.6. The first-order valence-corrected chi connectivity index (χ1v) is 10.8. The molecule has 0 aliphatic heterocycles. The van der Waals surface area contributed by atoms with Gasteiger partial charge in [0.25, 0.3) is 0 Å². The predicted octanol–water partition coefficient (Wildman–Crippen LogP) is 5.56. The number of nitrogens with one attached hydrogen (secondary N) is 1. The summed E-state index contributed by atoms with van der Waals surface area (Å²) in [6.07, 6.45) is 3.24. The molecule has 8 heteroatoms. The highest BCUT2D eigenvalue weighted by Crippen LogP contribution is 2.30. The summed E-state index contributed by atoms with van der Waals surface area (Å²) < 4.78 is 34.2. The molecule has 2 aromatic heterocycles. The largest absolute Gasteiger partial charge is 0.497 e. The number of imidazole rings is 1. The smallest absolute Gasteiger partial charge is 0.231 e. The van der Waals surface area contributed by atoms with E-state index in [0.29, 0.717) is 17.2 Å². The number of ether oxygens (including phenoxy) is 1. The number of carbonyl (C=O) groups is 1. The van der Waals surface area contributed by atoms with E-state index in [0.717, 1.165) is 40.5 Å². The molecular weight excluding hydrogens is 450 g/mol. The van der Waals surface area contributed by atoms with E-state index in [2.05, 4.69) is 15.3 Å². The number of hydrogen-bond donors (Lipinski definition) is 1. The van der Waals surface area contributed by atoms with Gasteiger partial charge in [-0.15, -0.1) is 0 Å². The van der Waals surface area contributed by atoms with Crippen LogP contribution in [-0.2, 0) is 11.2 Å². The molecule has 0 spiro atoms. The number of carbonyl (C=O) groups excluding carboxylic acids is 1. The molecule has 5 rings (SSSR count). The number of fused-ring (bicyclic) bond motifs is 1. The van der Waals surface area contributed by atoms with E-state index in [1.54, 1.807) is 19.5 Å². The summed E-state index contributed by atoms with van der Waals surface area (Å²) in [5, 5.41) is 2.80. The zero-order chi connectivity index (χ0) is 24.4. The van der Waals surface area contributed by atoms with Crippen LogP contribution in [0, 0.1) is 11.6 Å². The highest BCUT2D eigenvalue weighted by Gasteiger charge is 2.17. The van der Waals surface area contributed by atoms with Crippen molar-refractivity contribution in [3.05, 3.63) is 102 Å². The van der Waals surface area contributed by atoms with E-state index in [1.165, 1.54) is 0 Å². The summed E-state index contributed by atoms with van der Waals surface area (Å²) in [7, 11) is 1.59. The van der Waals surface area contributed by atoms with E-state index in [4.69, 9.17) is 4.74 Å². The van der Waals surface area contributed by atoms with Gasteiger partial charge in [-0.1, -0.05) is 6.07 Å². The Bertz CT molecular complexity index is 1500. The molecule has 0 saturated carbocycles. The summed E-state index contributed by atoms with van der Waals surface area (Å²) in [4.78, 5) is 21.5. The molecule has 5 aromatic rings. The number of amides is 1. The average molecular weight is 470 g/mol. The molecule has 0 atom stereocenters. The van der Waals surface area contributed by atoms with Crippen molar-refractivity contribution < 1.29 is 18.3 Å². The third kappa shape index (κ3) is 4.72. The lowest BCUT2D eigenvalue weighted by Crippen LogP contribution is -2.17. The molecule has 174 valence electrons. The Hall–Kier alpha value is -4.59. The van der Waals surface area contributed by atoms with Gasteiger partial charge < -0.3 is 4.74 Å². The van der Waals surface area contributed by atoms with Gasteiger partial charge in [0, 0.05) is 24.1 Å². The van der Waals surface area contributed by atoms with Crippen molar-refractivity contribution in [2.45, 2.75) is 6.42 Å². The van der Waals surface area contributed by atoms with Gasteiger partial charge in [-0.05, 0) is 77.4 Å². The number of aromatic nitrogens is 3. The lowest BCUT2D eigenvalue weighted by molar-refractivity contribution is -0.115. The second-order valence-corrected chi connectivity index (χ2v) is 7.91. The molecule has 0 aliphatic carbocycles. The van der Waals surface area contributed by atoms with Crippen LogP contribution in [0.5, 0.6) is 5.75 Å². The number of anilines is 1. The Kier molecular flexibility index (Phi) is 5.93. The first kappa shape index (κ1) is 22.2.